The largest absolute Gasteiger partial charge is 0.303 e. The number of halogens is 1. The number of nitrogens with zero attached hydrogens (tertiary/aromatic N) is 2. The Morgan fingerprint density at radius 3 is 3.00 bits per heavy atom. The van der Waals surface area contributed by atoms with Gasteiger partial charge in [-0.3, -0.25) is 0 Å². The topological polar surface area (TPSA) is 17.3 Å². The zero-order chi connectivity index (χ0) is 10.1. The summed E-state index contributed by atoms with van der Waals surface area (Å²) in [5, 5.41) is 0. The molecule has 0 N–H and O–H groups in total. The fraction of sp³-hybridized carbons (Fsp3) is 0.364. The van der Waals surface area contributed by atoms with Crippen molar-refractivity contribution in [1.82, 2.24) is 9.38 Å². The molecule has 74 valence electrons. The summed E-state index contributed by atoms with van der Waals surface area (Å²) < 4.78 is 3.24. The molecule has 0 aromatic carbocycles. The zero-order valence-corrected chi connectivity index (χ0v) is 9.95. The lowest BCUT2D eigenvalue weighted by Crippen LogP contribution is -2.00. The first-order chi connectivity index (χ1) is 6.68. The molecule has 0 fully saturated rings. The van der Waals surface area contributed by atoms with E-state index in [1.54, 1.807) is 0 Å². The number of imidazole rings is 1. The fourth-order valence-corrected chi connectivity index (χ4v) is 2.00. The van der Waals surface area contributed by atoms with Gasteiger partial charge in [0.25, 0.3) is 0 Å². The average molecular weight is 253 g/mol. The Balaban J connectivity index is 2.52. The van der Waals surface area contributed by atoms with Crippen LogP contribution in [0.15, 0.2) is 29.0 Å². The predicted molar refractivity (Wildman–Crippen MR) is 61.4 cm³/mol. The summed E-state index contributed by atoms with van der Waals surface area (Å²) in [5.74, 6) is 1.77. The molecule has 2 heterocycles. The Labute approximate surface area is 92.1 Å². The minimum Gasteiger partial charge on any atom is -0.303 e. The van der Waals surface area contributed by atoms with Gasteiger partial charge >= 0.3 is 0 Å². The molecule has 0 aliphatic rings. The van der Waals surface area contributed by atoms with Crippen molar-refractivity contribution in [2.24, 2.45) is 5.92 Å². The first kappa shape index (κ1) is 9.71. The van der Waals surface area contributed by atoms with Crippen molar-refractivity contribution >= 4 is 21.4 Å². The Morgan fingerprint density at radius 2 is 2.29 bits per heavy atom. The molecule has 0 aliphatic heterocycles. The van der Waals surface area contributed by atoms with E-state index in [1.807, 2.05) is 18.3 Å². The Morgan fingerprint density at radius 1 is 1.50 bits per heavy atom. The van der Waals surface area contributed by atoms with Gasteiger partial charge in [0.05, 0.1) is 11.7 Å². The molecule has 14 heavy (non-hydrogen) atoms. The highest BCUT2D eigenvalue weighted by Gasteiger charge is 2.06. The molecule has 0 bridgehead atoms. The summed E-state index contributed by atoms with van der Waals surface area (Å²) in [6.07, 6.45) is 5.00. The van der Waals surface area contributed by atoms with Crippen LogP contribution in [-0.4, -0.2) is 9.38 Å². The van der Waals surface area contributed by atoms with Crippen LogP contribution in [0.5, 0.6) is 0 Å². The van der Waals surface area contributed by atoms with Crippen LogP contribution in [0, 0.1) is 5.92 Å². The Bertz CT molecular complexity index is 445. The van der Waals surface area contributed by atoms with Gasteiger partial charge < -0.3 is 4.40 Å². The summed E-state index contributed by atoms with van der Waals surface area (Å²) in [6, 6.07) is 4.07. The average Bonchev–Trinajstić information content (AvgIpc) is 2.49. The van der Waals surface area contributed by atoms with E-state index in [9.17, 15) is 0 Å². The molecule has 0 radical (unpaired) electrons. The molecule has 3 heteroatoms. The molecule has 0 atom stereocenters. The normalized spacial score (nSPS) is 11.4. The van der Waals surface area contributed by atoms with Crippen LogP contribution in [0.1, 0.15) is 19.7 Å². The van der Waals surface area contributed by atoms with Crippen LogP contribution in [0.25, 0.3) is 5.52 Å². The van der Waals surface area contributed by atoms with Gasteiger partial charge in [0.1, 0.15) is 5.82 Å². The monoisotopic (exact) mass is 252 g/mol. The van der Waals surface area contributed by atoms with Crippen LogP contribution in [0.3, 0.4) is 0 Å². The molecular weight excluding hydrogens is 240 g/mol. The van der Waals surface area contributed by atoms with Gasteiger partial charge in [-0.05, 0) is 34.0 Å². The van der Waals surface area contributed by atoms with Crippen LogP contribution < -0.4 is 0 Å². The number of hydrogen-bond donors (Lipinski definition) is 0. The predicted octanol–water partition coefficient (Wildman–Crippen LogP) is 3.30. The van der Waals surface area contributed by atoms with E-state index in [2.05, 4.69) is 45.4 Å². The van der Waals surface area contributed by atoms with Crippen molar-refractivity contribution in [2.45, 2.75) is 20.3 Å². The maximum Gasteiger partial charge on any atom is 0.113 e. The molecule has 0 unspecified atom stereocenters. The lowest BCUT2D eigenvalue weighted by Gasteiger charge is -2.04. The van der Waals surface area contributed by atoms with Gasteiger partial charge in [-0.25, -0.2) is 4.98 Å². The van der Waals surface area contributed by atoms with Crippen molar-refractivity contribution in [3.05, 3.63) is 34.8 Å². The Hall–Kier alpha value is -0.830. The molecule has 0 saturated heterocycles. The van der Waals surface area contributed by atoms with Crippen molar-refractivity contribution in [3.63, 3.8) is 0 Å². The lowest BCUT2D eigenvalue weighted by atomic mass is 10.1. The van der Waals surface area contributed by atoms with Crippen molar-refractivity contribution < 1.29 is 0 Å². The van der Waals surface area contributed by atoms with Crippen LogP contribution in [0.2, 0.25) is 0 Å². The van der Waals surface area contributed by atoms with E-state index in [-0.39, 0.29) is 0 Å². The third-order valence-electron chi connectivity index (χ3n) is 2.19. The first-order valence-electron chi connectivity index (χ1n) is 4.79. The van der Waals surface area contributed by atoms with Gasteiger partial charge in [0.2, 0.25) is 0 Å². The fourth-order valence-electron chi connectivity index (χ4n) is 1.56. The molecule has 0 saturated carbocycles. The molecule has 2 nitrogen and oxygen atoms in total. The van der Waals surface area contributed by atoms with E-state index >= 15 is 0 Å². The second-order valence-electron chi connectivity index (χ2n) is 3.88. The van der Waals surface area contributed by atoms with E-state index < -0.39 is 0 Å². The van der Waals surface area contributed by atoms with Crippen LogP contribution in [-0.2, 0) is 6.42 Å². The summed E-state index contributed by atoms with van der Waals surface area (Å²) in [4.78, 5) is 4.43. The van der Waals surface area contributed by atoms with Gasteiger partial charge in [-0.2, -0.15) is 0 Å². The molecule has 0 amide bonds. The number of fused-ring (bicyclic) bond motifs is 1. The summed E-state index contributed by atoms with van der Waals surface area (Å²) >= 11 is 3.52. The van der Waals surface area contributed by atoms with Gasteiger partial charge in [0, 0.05) is 17.1 Å². The van der Waals surface area contributed by atoms with Crippen LogP contribution >= 0.6 is 15.9 Å². The zero-order valence-electron chi connectivity index (χ0n) is 8.37. The minimum absolute atomic E-state index is 0.639. The van der Waals surface area contributed by atoms with Gasteiger partial charge in [0.15, 0.2) is 0 Å². The second kappa shape index (κ2) is 3.73. The van der Waals surface area contributed by atoms with Gasteiger partial charge in [-0.1, -0.05) is 13.8 Å². The quantitative estimate of drug-likeness (QED) is 0.802. The highest BCUT2D eigenvalue weighted by molar-refractivity contribution is 9.10. The highest BCUT2D eigenvalue weighted by atomic mass is 79.9. The summed E-state index contributed by atoms with van der Waals surface area (Å²) in [7, 11) is 0. The maximum absolute atomic E-state index is 4.43. The molecule has 2 rings (SSSR count). The smallest absolute Gasteiger partial charge is 0.113 e. The molecule has 2 aromatic heterocycles. The standard InChI is InChI=1S/C11H13BrN2/c1-8(2)6-11-13-7-10-9(12)4-3-5-14(10)11/h3-5,7-8H,6H2,1-2H3. The van der Waals surface area contributed by atoms with Gasteiger partial charge in [-0.15, -0.1) is 0 Å². The Kier molecular flexibility index (Phi) is 2.59. The highest BCUT2D eigenvalue weighted by Crippen LogP contribution is 2.19. The summed E-state index contributed by atoms with van der Waals surface area (Å²) in [5.41, 5.74) is 1.14. The third kappa shape index (κ3) is 1.69. The van der Waals surface area contributed by atoms with Crippen molar-refractivity contribution in [3.8, 4) is 0 Å². The molecule has 0 aliphatic carbocycles. The molecular formula is C11H13BrN2. The summed E-state index contributed by atoms with van der Waals surface area (Å²) in [6.45, 7) is 4.41. The minimum atomic E-state index is 0.639. The van der Waals surface area contributed by atoms with Crippen molar-refractivity contribution in [1.29, 1.82) is 0 Å². The number of rotatable bonds is 2. The lowest BCUT2D eigenvalue weighted by molar-refractivity contribution is 0.619. The first-order valence-corrected chi connectivity index (χ1v) is 5.58. The molecule has 0 spiro atoms. The van der Waals surface area contributed by atoms with E-state index in [0.717, 1.165) is 22.2 Å². The number of aromatic nitrogens is 2. The van der Waals surface area contributed by atoms with E-state index in [0.29, 0.717) is 5.92 Å². The number of hydrogen-bond acceptors (Lipinski definition) is 1. The number of pyridine rings is 1. The third-order valence-corrected chi connectivity index (χ3v) is 2.86. The van der Waals surface area contributed by atoms with Crippen LogP contribution in [0.4, 0.5) is 0 Å². The SMILES string of the molecule is CC(C)Cc1ncc2c(Br)cccn12. The van der Waals surface area contributed by atoms with Crippen molar-refractivity contribution in [2.75, 3.05) is 0 Å². The van der Waals surface area contributed by atoms with E-state index in [4.69, 9.17) is 0 Å². The second-order valence-corrected chi connectivity index (χ2v) is 4.74. The maximum atomic E-state index is 4.43. The van der Waals surface area contributed by atoms with E-state index in [1.165, 1.54) is 0 Å². The molecule has 2 aromatic rings.